The Kier molecular flexibility index (Phi) is 6.45. The topological polar surface area (TPSA) is 15.3 Å². The third-order valence-electron chi connectivity index (χ3n) is 3.96. The maximum atomic E-state index is 3.61. The highest BCUT2D eigenvalue weighted by molar-refractivity contribution is 5.32. The van der Waals surface area contributed by atoms with Gasteiger partial charge in [-0.1, -0.05) is 67.6 Å². The summed E-state index contributed by atoms with van der Waals surface area (Å²) < 4.78 is 0. The van der Waals surface area contributed by atoms with Crippen LogP contribution in [-0.4, -0.2) is 38.1 Å². The molecule has 0 radical (unpaired) electrons. The molecule has 21 heavy (non-hydrogen) atoms. The van der Waals surface area contributed by atoms with Gasteiger partial charge in [-0.2, -0.15) is 0 Å². The van der Waals surface area contributed by atoms with Crippen LogP contribution in [0.25, 0.3) is 0 Å². The lowest BCUT2D eigenvalue weighted by Crippen LogP contribution is -2.31. The molecule has 0 aliphatic carbocycles. The zero-order chi connectivity index (χ0) is 14.9. The average molecular weight is 282 g/mol. The normalized spacial score (nSPS) is 11.2. The van der Waals surface area contributed by atoms with Crippen molar-refractivity contribution in [2.45, 2.75) is 12.8 Å². The van der Waals surface area contributed by atoms with Crippen molar-refractivity contribution < 1.29 is 0 Å². The Bertz CT molecular complexity index is 456. The van der Waals surface area contributed by atoms with Gasteiger partial charge in [-0.05, 0) is 24.7 Å². The monoisotopic (exact) mass is 282 g/mol. The Morgan fingerprint density at radius 3 is 1.90 bits per heavy atom. The Hall–Kier alpha value is -1.64. The molecule has 0 bridgehead atoms. The van der Waals surface area contributed by atoms with Crippen LogP contribution in [0.3, 0.4) is 0 Å². The van der Waals surface area contributed by atoms with Crippen molar-refractivity contribution >= 4 is 0 Å². The lowest BCUT2D eigenvalue weighted by molar-refractivity contribution is 0.348. The van der Waals surface area contributed by atoms with E-state index < -0.39 is 0 Å². The number of rotatable bonds is 8. The molecule has 0 aromatic heterocycles. The molecule has 0 atom stereocenters. The van der Waals surface area contributed by atoms with Crippen molar-refractivity contribution in [3.05, 3.63) is 71.8 Å². The zero-order valence-electron chi connectivity index (χ0n) is 13.1. The van der Waals surface area contributed by atoms with Crippen molar-refractivity contribution in [1.29, 1.82) is 0 Å². The average Bonchev–Trinajstić information content (AvgIpc) is 2.56. The summed E-state index contributed by atoms with van der Waals surface area (Å²) in [5.74, 6) is 0.416. The van der Waals surface area contributed by atoms with Crippen molar-refractivity contribution in [3.8, 4) is 0 Å². The summed E-state index contributed by atoms with van der Waals surface area (Å²) in [6, 6.07) is 21.5. The minimum absolute atomic E-state index is 0.416. The molecule has 0 saturated carbocycles. The first kappa shape index (κ1) is 15.7. The van der Waals surface area contributed by atoms with Crippen LogP contribution in [0.15, 0.2) is 60.7 Å². The summed E-state index contributed by atoms with van der Waals surface area (Å²) >= 11 is 0. The first-order chi connectivity index (χ1) is 10.3. The number of nitrogens with zero attached hydrogens (tertiary/aromatic N) is 1. The highest BCUT2D eigenvalue weighted by Gasteiger charge is 2.13. The van der Waals surface area contributed by atoms with Gasteiger partial charge in [0.1, 0.15) is 0 Å². The van der Waals surface area contributed by atoms with Crippen molar-refractivity contribution in [3.63, 3.8) is 0 Å². The smallest absolute Gasteiger partial charge is 0.0214 e. The highest BCUT2D eigenvalue weighted by Crippen LogP contribution is 2.23. The summed E-state index contributed by atoms with van der Waals surface area (Å²) in [4.78, 5) is 2.33. The Balaban J connectivity index is 2.00. The van der Waals surface area contributed by atoms with E-state index in [0.29, 0.717) is 5.92 Å². The van der Waals surface area contributed by atoms with Gasteiger partial charge in [0, 0.05) is 25.6 Å². The Morgan fingerprint density at radius 1 is 0.905 bits per heavy atom. The fraction of sp³-hybridized carbons (Fsp3) is 0.368. The van der Waals surface area contributed by atoms with E-state index in [4.69, 9.17) is 0 Å². The summed E-state index contributed by atoms with van der Waals surface area (Å²) in [7, 11) is 2.16. The molecule has 2 aromatic rings. The van der Waals surface area contributed by atoms with E-state index >= 15 is 0 Å². The molecule has 0 aliphatic rings. The molecular weight excluding hydrogens is 256 g/mol. The summed E-state index contributed by atoms with van der Waals surface area (Å²) in [6.07, 6.45) is 0. The molecule has 0 aliphatic heterocycles. The molecule has 112 valence electrons. The zero-order valence-corrected chi connectivity index (χ0v) is 13.1. The number of hydrogen-bond donors (Lipinski definition) is 1. The molecule has 0 unspecified atom stereocenters. The van der Waals surface area contributed by atoms with Gasteiger partial charge in [0.2, 0.25) is 0 Å². The number of nitrogens with one attached hydrogen (secondary N) is 1. The van der Waals surface area contributed by atoms with Crippen LogP contribution < -0.4 is 5.32 Å². The van der Waals surface area contributed by atoms with Gasteiger partial charge < -0.3 is 10.2 Å². The molecule has 0 fully saturated rings. The van der Waals surface area contributed by atoms with E-state index in [-0.39, 0.29) is 0 Å². The second-order valence-corrected chi connectivity index (χ2v) is 5.47. The van der Waals surface area contributed by atoms with Gasteiger partial charge in [-0.25, -0.2) is 0 Å². The van der Waals surface area contributed by atoms with Gasteiger partial charge in [0.15, 0.2) is 0 Å². The second kappa shape index (κ2) is 8.60. The van der Waals surface area contributed by atoms with Crippen LogP contribution in [-0.2, 0) is 0 Å². The molecule has 0 spiro atoms. The Labute approximate surface area is 128 Å². The van der Waals surface area contributed by atoms with Gasteiger partial charge in [0.25, 0.3) is 0 Å². The first-order valence-electron chi connectivity index (χ1n) is 7.80. The first-order valence-corrected chi connectivity index (χ1v) is 7.80. The Morgan fingerprint density at radius 2 is 1.43 bits per heavy atom. The minimum atomic E-state index is 0.416. The maximum absolute atomic E-state index is 3.61. The van der Waals surface area contributed by atoms with E-state index in [1.807, 2.05) is 0 Å². The molecule has 0 saturated heterocycles. The number of likely N-dealkylation sites (N-methyl/N-ethyl adjacent to an activating group) is 1. The second-order valence-electron chi connectivity index (χ2n) is 5.47. The van der Waals surface area contributed by atoms with Gasteiger partial charge in [0.05, 0.1) is 0 Å². The molecule has 2 nitrogen and oxygen atoms in total. The molecule has 0 amide bonds. The van der Waals surface area contributed by atoms with E-state index in [0.717, 1.165) is 26.2 Å². The lowest BCUT2D eigenvalue weighted by atomic mass is 9.91. The minimum Gasteiger partial charge on any atom is -0.315 e. The maximum Gasteiger partial charge on any atom is 0.0214 e. The lowest BCUT2D eigenvalue weighted by Gasteiger charge is -2.20. The van der Waals surface area contributed by atoms with Crippen molar-refractivity contribution in [2.75, 3.05) is 33.2 Å². The van der Waals surface area contributed by atoms with Crippen LogP contribution >= 0.6 is 0 Å². The quantitative estimate of drug-likeness (QED) is 0.747. The molecular formula is C19H26N2. The van der Waals surface area contributed by atoms with Crippen molar-refractivity contribution in [1.82, 2.24) is 10.2 Å². The largest absolute Gasteiger partial charge is 0.315 e. The third-order valence-corrected chi connectivity index (χ3v) is 3.96. The SMILES string of the molecule is CCN(C)CCNCC(c1ccccc1)c1ccccc1. The predicted octanol–water partition coefficient (Wildman–Crippen LogP) is 3.36. The highest BCUT2D eigenvalue weighted by atomic mass is 15.1. The van der Waals surface area contributed by atoms with Crippen LogP contribution in [0.2, 0.25) is 0 Å². The fourth-order valence-corrected chi connectivity index (χ4v) is 2.47. The standard InChI is InChI=1S/C19H26N2/c1-3-21(2)15-14-20-16-19(17-10-6-4-7-11-17)18-12-8-5-9-13-18/h4-13,19-20H,3,14-16H2,1-2H3. The molecule has 0 heterocycles. The van der Waals surface area contributed by atoms with Crippen LogP contribution in [0.4, 0.5) is 0 Å². The van der Waals surface area contributed by atoms with E-state index in [1.54, 1.807) is 0 Å². The summed E-state index contributed by atoms with van der Waals surface area (Å²) in [6.45, 7) is 6.39. The number of hydrogen-bond acceptors (Lipinski definition) is 2. The molecule has 2 rings (SSSR count). The predicted molar refractivity (Wildman–Crippen MR) is 90.8 cm³/mol. The fourth-order valence-electron chi connectivity index (χ4n) is 2.47. The van der Waals surface area contributed by atoms with E-state index in [2.05, 4.69) is 84.9 Å². The van der Waals surface area contributed by atoms with Crippen LogP contribution in [0.1, 0.15) is 24.0 Å². The van der Waals surface area contributed by atoms with Crippen molar-refractivity contribution in [2.24, 2.45) is 0 Å². The number of benzene rings is 2. The van der Waals surface area contributed by atoms with Gasteiger partial charge in [-0.3, -0.25) is 0 Å². The van der Waals surface area contributed by atoms with Crippen LogP contribution in [0.5, 0.6) is 0 Å². The molecule has 1 N–H and O–H groups in total. The van der Waals surface area contributed by atoms with E-state index in [9.17, 15) is 0 Å². The van der Waals surface area contributed by atoms with E-state index in [1.165, 1.54) is 11.1 Å². The van der Waals surface area contributed by atoms with Gasteiger partial charge in [-0.15, -0.1) is 0 Å². The van der Waals surface area contributed by atoms with Crippen LogP contribution in [0, 0.1) is 0 Å². The third kappa shape index (κ3) is 5.00. The molecule has 2 aromatic carbocycles. The molecule has 2 heteroatoms. The van der Waals surface area contributed by atoms with Gasteiger partial charge >= 0.3 is 0 Å². The summed E-state index contributed by atoms with van der Waals surface area (Å²) in [5.41, 5.74) is 2.75. The summed E-state index contributed by atoms with van der Waals surface area (Å²) in [5, 5.41) is 3.61.